The molecule has 110 valence electrons. The molecule has 5 heteroatoms. The van der Waals surface area contributed by atoms with Gasteiger partial charge in [0.15, 0.2) is 5.78 Å². The van der Waals surface area contributed by atoms with Gasteiger partial charge in [-0.2, -0.15) is 0 Å². The number of urea groups is 1. The Kier molecular flexibility index (Phi) is 5.70. The summed E-state index contributed by atoms with van der Waals surface area (Å²) in [7, 11) is 0. The van der Waals surface area contributed by atoms with Crippen molar-refractivity contribution in [3.63, 3.8) is 0 Å². The van der Waals surface area contributed by atoms with Gasteiger partial charge in [0.1, 0.15) is 0 Å². The first-order valence-electron chi connectivity index (χ1n) is 6.78. The maximum Gasteiger partial charge on any atom is 0.319 e. The number of Topliss-reactive ketones (excluding diaryl/α,β-unsaturated/α-hetero) is 1. The summed E-state index contributed by atoms with van der Waals surface area (Å²) < 4.78 is 0. The number of carbonyl (C=O) groups excluding carboxylic acids is 2. The lowest BCUT2D eigenvalue weighted by atomic mass is 9.98. The van der Waals surface area contributed by atoms with E-state index in [0.717, 1.165) is 0 Å². The first-order valence-corrected chi connectivity index (χ1v) is 6.78. The number of carbonyl (C=O) groups is 2. The molecule has 3 N–H and O–H groups in total. The number of hydrogen-bond donors (Lipinski definition) is 3. The molecule has 5 nitrogen and oxygen atoms in total. The van der Waals surface area contributed by atoms with Crippen molar-refractivity contribution in [2.45, 2.75) is 39.2 Å². The highest BCUT2D eigenvalue weighted by atomic mass is 16.3. The first-order chi connectivity index (χ1) is 9.40. The van der Waals surface area contributed by atoms with E-state index in [9.17, 15) is 14.7 Å². The van der Waals surface area contributed by atoms with Gasteiger partial charge in [0.05, 0.1) is 5.60 Å². The molecule has 1 aromatic rings. The van der Waals surface area contributed by atoms with Gasteiger partial charge < -0.3 is 15.7 Å². The Morgan fingerprint density at radius 1 is 1.25 bits per heavy atom. The van der Waals surface area contributed by atoms with Gasteiger partial charge >= 0.3 is 6.03 Å². The molecule has 0 atom stereocenters. The molecule has 0 aliphatic heterocycles. The third-order valence-electron chi connectivity index (χ3n) is 3.42. The number of aliphatic hydroxyl groups is 1. The average Bonchev–Trinajstić information content (AvgIpc) is 2.45. The highest BCUT2D eigenvalue weighted by Gasteiger charge is 2.22. The molecule has 0 heterocycles. The Balaban J connectivity index is 2.59. The summed E-state index contributed by atoms with van der Waals surface area (Å²) in [6, 6.07) is 6.33. The van der Waals surface area contributed by atoms with Crippen molar-refractivity contribution >= 4 is 17.5 Å². The van der Waals surface area contributed by atoms with Crippen LogP contribution in [0.3, 0.4) is 0 Å². The molecular weight excluding hydrogens is 256 g/mol. The molecule has 0 aliphatic rings. The van der Waals surface area contributed by atoms with Gasteiger partial charge in [0.2, 0.25) is 0 Å². The minimum absolute atomic E-state index is 0.0552. The normalized spacial score (nSPS) is 11.0. The lowest BCUT2D eigenvalue weighted by Crippen LogP contribution is -2.43. The molecule has 0 aliphatic carbocycles. The third kappa shape index (κ3) is 4.66. The fourth-order valence-electron chi connectivity index (χ4n) is 1.74. The minimum Gasteiger partial charge on any atom is -0.388 e. The molecule has 0 aromatic heterocycles. The van der Waals surface area contributed by atoms with E-state index in [1.165, 1.54) is 6.92 Å². The van der Waals surface area contributed by atoms with E-state index in [4.69, 9.17) is 0 Å². The molecule has 0 saturated heterocycles. The van der Waals surface area contributed by atoms with E-state index in [1.54, 1.807) is 24.3 Å². The topological polar surface area (TPSA) is 78.4 Å². The Morgan fingerprint density at radius 2 is 1.90 bits per heavy atom. The maximum absolute atomic E-state index is 11.8. The molecule has 2 amide bonds. The zero-order valence-corrected chi connectivity index (χ0v) is 12.2. The zero-order chi connectivity index (χ0) is 15.2. The van der Waals surface area contributed by atoms with E-state index in [1.807, 2.05) is 13.8 Å². The summed E-state index contributed by atoms with van der Waals surface area (Å²) in [5.74, 6) is -0.0552. The largest absolute Gasteiger partial charge is 0.388 e. The number of benzene rings is 1. The van der Waals surface area contributed by atoms with E-state index < -0.39 is 11.6 Å². The van der Waals surface area contributed by atoms with Crippen LogP contribution in [0.4, 0.5) is 10.5 Å². The van der Waals surface area contributed by atoms with Gasteiger partial charge in [0.25, 0.3) is 0 Å². The molecule has 1 aromatic carbocycles. The molecule has 0 fully saturated rings. The van der Waals surface area contributed by atoms with Crippen molar-refractivity contribution in [1.82, 2.24) is 5.32 Å². The Hall–Kier alpha value is -1.88. The SMILES string of the molecule is CCC(O)(CC)CNC(=O)Nc1cccc(C(C)=O)c1. The fraction of sp³-hybridized carbons (Fsp3) is 0.467. The number of amides is 2. The number of ketones is 1. The van der Waals surface area contributed by atoms with Crippen molar-refractivity contribution in [3.8, 4) is 0 Å². The van der Waals surface area contributed by atoms with Crippen molar-refractivity contribution in [3.05, 3.63) is 29.8 Å². The van der Waals surface area contributed by atoms with Gasteiger partial charge in [-0.1, -0.05) is 26.0 Å². The molecule has 0 bridgehead atoms. The smallest absolute Gasteiger partial charge is 0.319 e. The van der Waals surface area contributed by atoms with Gasteiger partial charge in [-0.3, -0.25) is 4.79 Å². The Morgan fingerprint density at radius 3 is 2.45 bits per heavy atom. The lowest BCUT2D eigenvalue weighted by molar-refractivity contribution is 0.0354. The Labute approximate surface area is 119 Å². The first kappa shape index (κ1) is 16.2. The number of nitrogens with one attached hydrogen (secondary N) is 2. The fourth-order valence-corrected chi connectivity index (χ4v) is 1.74. The summed E-state index contributed by atoms with van der Waals surface area (Å²) in [6.45, 7) is 5.42. The van der Waals surface area contributed by atoms with Gasteiger partial charge in [0, 0.05) is 17.8 Å². The van der Waals surface area contributed by atoms with E-state index >= 15 is 0 Å². The number of anilines is 1. The van der Waals surface area contributed by atoms with Crippen LogP contribution < -0.4 is 10.6 Å². The van der Waals surface area contributed by atoms with E-state index in [0.29, 0.717) is 24.1 Å². The van der Waals surface area contributed by atoms with Crippen LogP contribution in [0.1, 0.15) is 44.0 Å². The van der Waals surface area contributed by atoms with Gasteiger partial charge in [-0.25, -0.2) is 4.79 Å². The molecule has 0 saturated carbocycles. The second-order valence-electron chi connectivity index (χ2n) is 4.88. The van der Waals surface area contributed by atoms with Crippen LogP contribution in [0.15, 0.2) is 24.3 Å². The summed E-state index contributed by atoms with van der Waals surface area (Å²) in [5.41, 5.74) is 0.214. The summed E-state index contributed by atoms with van der Waals surface area (Å²) in [5, 5.41) is 15.4. The van der Waals surface area contributed by atoms with Crippen LogP contribution in [0.5, 0.6) is 0 Å². The highest BCUT2D eigenvalue weighted by molar-refractivity contribution is 5.96. The predicted molar refractivity (Wildman–Crippen MR) is 79.0 cm³/mol. The highest BCUT2D eigenvalue weighted by Crippen LogP contribution is 2.14. The van der Waals surface area contributed by atoms with Crippen molar-refractivity contribution in [2.24, 2.45) is 0 Å². The standard InChI is InChI=1S/C15H22N2O3/c1-4-15(20,5-2)10-16-14(19)17-13-8-6-7-12(9-13)11(3)18/h6-9,20H,4-5,10H2,1-3H3,(H2,16,17,19). The zero-order valence-electron chi connectivity index (χ0n) is 12.2. The van der Waals surface area contributed by atoms with Crippen molar-refractivity contribution < 1.29 is 14.7 Å². The predicted octanol–water partition coefficient (Wildman–Crippen LogP) is 2.56. The number of rotatable bonds is 6. The minimum atomic E-state index is -0.876. The lowest BCUT2D eigenvalue weighted by Gasteiger charge is -2.25. The van der Waals surface area contributed by atoms with Crippen LogP contribution in [-0.2, 0) is 0 Å². The van der Waals surface area contributed by atoms with Crippen LogP contribution in [0.25, 0.3) is 0 Å². The van der Waals surface area contributed by atoms with Crippen LogP contribution in [0, 0.1) is 0 Å². The summed E-state index contributed by atoms with van der Waals surface area (Å²) in [4.78, 5) is 23.0. The van der Waals surface area contributed by atoms with Gasteiger partial charge in [-0.05, 0) is 31.9 Å². The quantitative estimate of drug-likeness (QED) is 0.700. The second-order valence-corrected chi connectivity index (χ2v) is 4.88. The second kappa shape index (κ2) is 7.05. The molecule has 0 unspecified atom stereocenters. The summed E-state index contributed by atoms with van der Waals surface area (Å²) >= 11 is 0. The van der Waals surface area contributed by atoms with Crippen molar-refractivity contribution in [1.29, 1.82) is 0 Å². The third-order valence-corrected chi connectivity index (χ3v) is 3.42. The van der Waals surface area contributed by atoms with Gasteiger partial charge in [-0.15, -0.1) is 0 Å². The molecular formula is C15H22N2O3. The molecule has 0 spiro atoms. The number of hydrogen-bond acceptors (Lipinski definition) is 3. The Bertz CT molecular complexity index is 482. The molecule has 0 radical (unpaired) electrons. The molecule has 20 heavy (non-hydrogen) atoms. The van der Waals surface area contributed by atoms with Crippen LogP contribution in [-0.4, -0.2) is 29.1 Å². The maximum atomic E-state index is 11.8. The van der Waals surface area contributed by atoms with Crippen LogP contribution in [0.2, 0.25) is 0 Å². The molecule has 1 rings (SSSR count). The average molecular weight is 278 g/mol. The monoisotopic (exact) mass is 278 g/mol. The van der Waals surface area contributed by atoms with Crippen LogP contribution >= 0.6 is 0 Å². The van der Waals surface area contributed by atoms with Crippen molar-refractivity contribution in [2.75, 3.05) is 11.9 Å². The summed E-state index contributed by atoms with van der Waals surface area (Å²) in [6.07, 6.45) is 1.15. The van der Waals surface area contributed by atoms with E-state index in [2.05, 4.69) is 10.6 Å². The van der Waals surface area contributed by atoms with E-state index in [-0.39, 0.29) is 12.3 Å².